The van der Waals surface area contributed by atoms with E-state index in [2.05, 4.69) is 23.8 Å². The molecule has 0 radical (unpaired) electrons. The second-order valence-corrected chi connectivity index (χ2v) is 8.97. The Morgan fingerprint density at radius 3 is 2.18 bits per heavy atom. The van der Waals surface area contributed by atoms with Crippen molar-refractivity contribution in [3.63, 3.8) is 0 Å². The van der Waals surface area contributed by atoms with Gasteiger partial charge in [-0.05, 0) is 71.7 Å². The molecule has 0 atom stereocenters. The van der Waals surface area contributed by atoms with Gasteiger partial charge in [-0.2, -0.15) is 13.2 Å². The van der Waals surface area contributed by atoms with Gasteiger partial charge in [0, 0.05) is 5.39 Å². The maximum Gasteiger partial charge on any atom is 0.422 e. The summed E-state index contributed by atoms with van der Waals surface area (Å²) in [7, 11) is 0. The van der Waals surface area contributed by atoms with Crippen LogP contribution >= 0.6 is 0 Å². The number of alkyl halides is 3. The molecule has 0 saturated heterocycles. The Morgan fingerprint density at radius 2 is 1.55 bits per heavy atom. The van der Waals surface area contributed by atoms with Crippen LogP contribution in [0.2, 0.25) is 0 Å². The van der Waals surface area contributed by atoms with Crippen molar-refractivity contribution in [3.05, 3.63) is 65.7 Å². The van der Waals surface area contributed by atoms with E-state index < -0.39 is 30.2 Å². The van der Waals surface area contributed by atoms with Gasteiger partial charge in [-0.1, -0.05) is 56.2 Å². The molecule has 0 spiro atoms. The van der Waals surface area contributed by atoms with Crippen LogP contribution in [-0.2, 0) is 0 Å². The minimum Gasteiger partial charge on any atom is -0.478 e. The molecule has 6 heteroatoms. The minimum atomic E-state index is -4.68. The first-order valence-corrected chi connectivity index (χ1v) is 11.5. The van der Waals surface area contributed by atoms with Crippen molar-refractivity contribution in [1.29, 1.82) is 0 Å². The Hall–Kier alpha value is -2.63. The Bertz CT molecular complexity index is 1100. The van der Waals surface area contributed by atoms with E-state index in [1.54, 1.807) is 12.1 Å². The van der Waals surface area contributed by atoms with Crippen LogP contribution in [0.3, 0.4) is 0 Å². The van der Waals surface area contributed by atoms with Crippen molar-refractivity contribution in [2.75, 3.05) is 6.61 Å². The molecule has 1 saturated carbocycles. The van der Waals surface area contributed by atoms with Crippen molar-refractivity contribution >= 4 is 10.8 Å². The Morgan fingerprint density at radius 1 is 0.879 bits per heavy atom. The number of ether oxygens (including phenoxy) is 1. The average Bonchev–Trinajstić information content (AvgIpc) is 2.79. The van der Waals surface area contributed by atoms with Crippen LogP contribution < -0.4 is 4.74 Å². The standard InChI is InChI=1S/C27H27F5O/c1-2-3-17-4-6-18(7-5-17)19-8-10-20(11-9-19)21-12-13-23-22(14-21)15-24(28)26(25(23)29)33-16-27(30,31)32/h8-15,17-18H,2-7,16H2,1H3. The number of halogens is 5. The molecule has 3 aromatic carbocycles. The molecule has 0 heterocycles. The first kappa shape index (κ1) is 23.5. The predicted molar refractivity (Wildman–Crippen MR) is 120 cm³/mol. The third-order valence-corrected chi connectivity index (χ3v) is 6.63. The molecular weight excluding hydrogens is 435 g/mol. The molecule has 0 amide bonds. The summed E-state index contributed by atoms with van der Waals surface area (Å²) in [6.45, 7) is 0.484. The van der Waals surface area contributed by atoms with Crippen LogP contribution in [0.5, 0.6) is 5.75 Å². The predicted octanol–water partition coefficient (Wildman–Crippen LogP) is 8.80. The van der Waals surface area contributed by atoms with Crippen molar-refractivity contribution in [2.24, 2.45) is 5.92 Å². The summed E-state index contributed by atoms with van der Waals surface area (Å²) < 4.78 is 70.5. The van der Waals surface area contributed by atoms with Crippen LogP contribution in [-0.4, -0.2) is 12.8 Å². The van der Waals surface area contributed by atoms with Gasteiger partial charge in [0.25, 0.3) is 0 Å². The zero-order valence-electron chi connectivity index (χ0n) is 18.5. The number of fused-ring (bicyclic) bond motifs is 1. The monoisotopic (exact) mass is 462 g/mol. The lowest BCUT2D eigenvalue weighted by molar-refractivity contribution is -0.154. The highest BCUT2D eigenvalue weighted by Crippen LogP contribution is 2.38. The minimum absolute atomic E-state index is 0.0118. The lowest BCUT2D eigenvalue weighted by Gasteiger charge is -2.28. The van der Waals surface area contributed by atoms with Crippen LogP contribution in [0.15, 0.2) is 48.5 Å². The van der Waals surface area contributed by atoms with E-state index >= 15 is 0 Å². The molecule has 0 bridgehead atoms. The van der Waals surface area contributed by atoms with Gasteiger partial charge in [0.15, 0.2) is 24.0 Å². The van der Waals surface area contributed by atoms with Gasteiger partial charge in [0.05, 0.1) is 0 Å². The third-order valence-electron chi connectivity index (χ3n) is 6.63. The highest BCUT2D eigenvalue weighted by Gasteiger charge is 2.30. The van der Waals surface area contributed by atoms with E-state index in [1.807, 2.05) is 12.1 Å². The normalized spacial score (nSPS) is 19.1. The average molecular weight is 463 g/mol. The fraction of sp³-hybridized carbons (Fsp3) is 0.407. The molecule has 3 aromatic rings. The summed E-state index contributed by atoms with van der Waals surface area (Å²) >= 11 is 0. The maximum absolute atomic E-state index is 14.6. The molecule has 0 N–H and O–H groups in total. The van der Waals surface area contributed by atoms with Crippen molar-refractivity contribution in [2.45, 2.75) is 57.5 Å². The molecule has 0 unspecified atom stereocenters. The molecule has 1 aliphatic carbocycles. The van der Waals surface area contributed by atoms with E-state index in [0.717, 1.165) is 23.1 Å². The molecule has 33 heavy (non-hydrogen) atoms. The number of rotatable bonds is 6. The van der Waals surface area contributed by atoms with Crippen LogP contribution in [0.4, 0.5) is 22.0 Å². The van der Waals surface area contributed by atoms with E-state index in [-0.39, 0.29) is 10.8 Å². The van der Waals surface area contributed by atoms with Gasteiger partial charge in [-0.25, -0.2) is 8.78 Å². The zero-order valence-corrected chi connectivity index (χ0v) is 18.5. The molecule has 1 fully saturated rings. The molecule has 4 rings (SSSR count). The van der Waals surface area contributed by atoms with Crippen LogP contribution in [0, 0.1) is 17.6 Å². The van der Waals surface area contributed by atoms with Gasteiger partial charge in [0.1, 0.15) is 0 Å². The number of hydrogen-bond acceptors (Lipinski definition) is 1. The molecule has 0 aromatic heterocycles. The van der Waals surface area contributed by atoms with E-state index in [0.29, 0.717) is 5.92 Å². The van der Waals surface area contributed by atoms with Crippen molar-refractivity contribution < 1.29 is 26.7 Å². The zero-order chi connectivity index (χ0) is 23.6. The summed E-state index contributed by atoms with van der Waals surface area (Å²) in [6, 6.07) is 14.1. The molecule has 176 valence electrons. The van der Waals surface area contributed by atoms with Gasteiger partial charge >= 0.3 is 6.18 Å². The number of hydrogen-bond donors (Lipinski definition) is 0. The summed E-state index contributed by atoms with van der Waals surface area (Å²) in [6.07, 6.45) is 2.83. The first-order chi connectivity index (χ1) is 15.7. The molecular formula is C27H27F5O. The number of benzene rings is 3. The van der Waals surface area contributed by atoms with E-state index in [4.69, 9.17) is 0 Å². The molecule has 1 nitrogen and oxygen atoms in total. The fourth-order valence-corrected chi connectivity index (χ4v) is 4.92. The second kappa shape index (κ2) is 9.70. The topological polar surface area (TPSA) is 9.23 Å². The summed E-state index contributed by atoms with van der Waals surface area (Å²) in [4.78, 5) is 0. The lowest BCUT2D eigenvalue weighted by atomic mass is 9.77. The Labute approximate surface area is 190 Å². The fourth-order valence-electron chi connectivity index (χ4n) is 4.92. The second-order valence-electron chi connectivity index (χ2n) is 8.97. The highest BCUT2D eigenvalue weighted by molar-refractivity contribution is 5.89. The van der Waals surface area contributed by atoms with Gasteiger partial charge in [-0.3, -0.25) is 0 Å². The largest absolute Gasteiger partial charge is 0.478 e. The highest BCUT2D eigenvalue weighted by atomic mass is 19.4. The van der Waals surface area contributed by atoms with Crippen molar-refractivity contribution in [1.82, 2.24) is 0 Å². The Kier molecular flexibility index (Phi) is 6.91. The third kappa shape index (κ3) is 5.48. The summed E-state index contributed by atoms with van der Waals surface area (Å²) in [5, 5.41) is 0.276. The van der Waals surface area contributed by atoms with E-state index in [9.17, 15) is 22.0 Å². The summed E-state index contributed by atoms with van der Waals surface area (Å²) in [5.41, 5.74) is 3.01. The maximum atomic E-state index is 14.6. The van der Waals surface area contributed by atoms with Crippen molar-refractivity contribution in [3.8, 4) is 16.9 Å². The molecule has 0 aliphatic heterocycles. The van der Waals surface area contributed by atoms with Gasteiger partial charge in [-0.15, -0.1) is 0 Å². The van der Waals surface area contributed by atoms with Crippen LogP contribution in [0.1, 0.15) is 56.9 Å². The summed E-state index contributed by atoms with van der Waals surface area (Å²) in [5.74, 6) is -1.87. The van der Waals surface area contributed by atoms with Gasteiger partial charge < -0.3 is 4.74 Å². The SMILES string of the molecule is CCCC1CCC(c2ccc(-c3ccc4c(F)c(OCC(F)(F)F)c(F)cc4c3)cc2)CC1. The smallest absolute Gasteiger partial charge is 0.422 e. The lowest BCUT2D eigenvalue weighted by Crippen LogP contribution is -2.20. The van der Waals surface area contributed by atoms with Crippen LogP contribution in [0.25, 0.3) is 21.9 Å². The van der Waals surface area contributed by atoms with Gasteiger partial charge in [0.2, 0.25) is 0 Å². The Balaban J connectivity index is 1.53. The quantitative estimate of drug-likeness (QED) is 0.333. The molecule has 1 aliphatic rings. The van der Waals surface area contributed by atoms with E-state index in [1.165, 1.54) is 50.2 Å². The first-order valence-electron chi connectivity index (χ1n) is 11.5.